The Hall–Kier alpha value is -1.89. The van der Waals surface area contributed by atoms with Crippen molar-refractivity contribution in [3.05, 3.63) is 56.4 Å². The molecule has 0 bridgehead atoms. The lowest BCUT2D eigenvalue weighted by Crippen LogP contribution is -2.27. The summed E-state index contributed by atoms with van der Waals surface area (Å²) in [6.07, 6.45) is 1.36. The predicted octanol–water partition coefficient (Wildman–Crippen LogP) is 3.40. The molecule has 0 aliphatic rings. The van der Waals surface area contributed by atoms with E-state index < -0.39 is 0 Å². The lowest BCUT2D eigenvalue weighted by Gasteiger charge is -2.09. The molecule has 0 atom stereocenters. The first kappa shape index (κ1) is 15.0. The van der Waals surface area contributed by atoms with Gasteiger partial charge in [-0.05, 0) is 29.6 Å². The highest BCUT2D eigenvalue weighted by molar-refractivity contribution is 7.16. The lowest BCUT2D eigenvalue weighted by atomic mass is 10.3. The molecule has 5 nitrogen and oxygen atoms in total. The quantitative estimate of drug-likeness (QED) is 0.784. The van der Waals surface area contributed by atoms with Crippen LogP contribution in [0.4, 0.5) is 5.69 Å². The van der Waals surface area contributed by atoms with Gasteiger partial charge >= 0.3 is 0 Å². The molecule has 0 aliphatic carbocycles. The Morgan fingerprint density at radius 3 is 2.95 bits per heavy atom. The molecule has 1 amide bonds. The molecule has 0 unspecified atom stereocenters. The normalized spacial score (nSPS) is 10.8. The van der Waals surface area contributed by atoms with Crippen molar-refractivity contribution in [2.75, 3.05) is 5.32 Å². The van der Waals surface area contributed by atoms with E-state index in [0.717, 1.165) is 0 Å². The van der Waals surface area contributed by atoms with Gasteiger partial charge in [0.05, 0.1) is 22.4 Å². The zero-order chi connectivity index (χ0) is 15.7. The highest BCUT2D eigenvalue weighted by Crippen LogP contribution is 2.25. The molecule has 0 radical (unpaired) electrons. The topological polar surface area (TPSA) is 64.0 Å². The molecule has 2 heterocycles. The van der Waals surface area contributed by atoms with Crippen LogP contribution in [-0.4, -0.2) is 15.5 Å². The Labute approximate surface area is 139 Å². The van der Waals surface area contributed by atoms with E-state index in [2.05, 4.69) is 10.3 Å². The zero-order valence-electron chi connectivity index (χ0n) is 11.0. The first-order chi connectivity index (χ1) is 10.5. The second-order valence-corrected chi connectivity index (χ2v) is 6.23. The van der Waals surface area contributed by atoms with Gasteiger partial charge in [0, 0.05) is 5.02 Å². The van der Waals surface area contributed by atoms with Crippen LogP contribution in [0.5, 0.6) is 0 Å². The van der Waals surface area contributed by atoms with Crippen LogP contribution in [0, 0.1) is 0 Å². The van der Waals surface area contributed by atoms with Crippen LogP contribution in [0.2, 0.25) is 10.0 Å². The standard InChI is InChI=1S/C14H9Cl2N3O2S/c15-8-1-2-10(16)11(5-8)18-12(20)6-19-7-17-13-9(14(19)21)3-4-22-13/h1-5,7H,6H2,(H,18,20). The fraction of sp³-hybridized carbons (Fsp3) is 0.0714. The molecule has 0 saturated carbocycles. The van der Waals surface area contributed by atoms with Gasteiger partial charge in [-0.25, -0.2) is 4.98 Å². The Bertz CT molecular complexity index is 920. The van der Waals surface area contributed by atoms with Gasteiger partial charge in [-0.15, -0.1) is 11.3 Å². The van der Waals surface area contributed by atoms with Gasteiger partial charge in [-0.3, -0.25) is 14.2 Å². The summed E-state index contributed by atoms with van der Waals surface area (Å²) < 4.78 is 1.25. The Morgan fingerprint density at radius 2 is 2.14 bits per heavy atom. The summed E-state index contributed by atoms with van der Waals surface area (Å²) in [6, 6.07) is 6.45. The van der Waals surface area contributed by atoms with Crippen molar-refractivity contribution in [3.8, 4) is 0 Å². The number of hydrogen-bond acceptors (Lipinski definition) is 4. The van der Waals surface area contributed by atoms with Crippen LogP contribution in [0.3, 0.4) is 0 Å². The Kier molecular flexibility index (Phi) is 4.15. The van der Waals surface area contributed by atoms with E-state index in [0.29, 0.717) is 25.9 Å². The summed E-state index contributed by atoms with van der Waals surface area (Å²) in [7, 11) is 0. The summed E-state index contributed by atoms with van der Waals surface area (Å²) in [5.41, 5.74) is 0.148. The highest BCUT2D eigenvalue weighted by atomic mass is 35.5. The van der Waals surface area contributed by atoms with E-state index in [1.54, 1.807) is 29.6 Å². The molecule has 0 spiro atoms. The minimum atomic E-state index is -0.386. The number of benzene rings is 1. The fourth-order valence-corrected chi connectivity index (χ4v) is 3.00. The third-order valence-corrected chi connectivity index (χ3v) is 4.35. The monoisotopic (exact) mass is 353 g/mol. The number of anilines is 1. The second-order valence-electron chi connectivity index (χ2n) is 4.49. The molecule has 1 aromatic carbocycles. The van der Waals surface area contributed by atoms with E-state index in [1.165, 1.54) is 22.2 Å². The van der Waals surface area contributed by atoms with E-state index in [-0.39, 0.29) is 18.0 Å². The number of halogens is 2. The van der Waals surface area contributed by atoms with Crippen molar-refractivity contribution in [1.29, 1.82) is 0 Å². The molecule has 0 fully saturated rings. The largest absolute Gasteiger partial charge is 0.323 e. The number of aromatic nitrogens is 2. The van der Waals surface area contributed by atoms with Crippen molar-refractivity contribution < 1.29 is 4.79 Å². The number of fused-ring (bicyclic) bond motifs is 1. The minimum absolute atomic E-state index is 0.152. The molecule has 22 heavy (non-hydrogen) atoms. The van der Waals surface area contributed by atoms with E-state index in [4.69, 9.17) is 23.2 Å². The van der Waals surface area contributed by atoms with Gasteiger partial charge < -0.3 is 5.32 Å². The van der Waals surface area contributed by atoms with Crippen LogP contribution in [-0.2, 0) is 11.3 Å². The molecule has 1 N–H and O–H groups in total. The lowest BCUT2D eigenvalue weighted by molar-refractivity contribution is -0.116. The third-order valence-electron chi connectivity index (χ3n) is 2.97. The van der Waals surface area contributed by atoms with Crippen LogP contribution in [0.15, 0.2) is 40.8 Å². The number of hydrogen-bond donors (Lipinski definition) is 1. The average molecular weight is 354 g/mol. The number of rotatable bonds is 3. The van der Waals surface area contributed by atoms with Crippen LogP contribution in [0.1, 0.15) is 0 Å². The number of thiophene rings is 1. The molecule has 2 aromatic heterocycles. The fourth-order valence-electron chi connectivity index (χ4n) is 1.94. The summed E-state index contributed by atoms with van der Waals surface area (Å²) >= 11 is 13.2. The summed E-state index contributed by atoms with van der Waals surface area (Å²) in [5.74, 6) is -0.386. The highest BCUT2D eigenvalue weighted by Gasteiger charge is 2.10. The second kappa shape index (κ2) is 6.08. The third kappa shape index (κ3) is 2.99. The van der Waals surface area contributed by atoms with Crippen molar-refractivity contribution in [3.63, 3.8) is 0 Å². The predicted molar refractivity (Wildman–Crippen MR) is 89.0 cm³/mol. The maximum atomic E-state index is 12.2. The SMILES string of the molecule is O=C(Cn1cnc2sccc2c1=O)Nc1cc(Cl)ccc1Cl. The van der Waals surface area contributed by atoms with Crippen molar-refractivity contribution in [2.24, 2.45) is 0 Å². The van der Waals surface area contributed by atoms with E-state index in [1.807, 2.05) is 0 Å². The minimum Gasteiger partial charge on any atom is -0.323 e. The molecule has 112 valence electrons. The first-order valence-electron chi connectivity index (χ1n) is 6.22. The molecule has 3 aromatic rings. The number of carbonyl (C=O) groups excluding carboxylic acids is 1. The Morgan fingerprint density at radius 1 is 1.32 bits per heavy atom. The molecule has 0 saturated heterocycles. The van der Waals surface area contributed by atoms with Gasteiger partial charge in [0.25, 0.3) is 5.56 Å². The molecule has 3 rings (SSSR count). The van der Waals surface area contributed by atoms with Gasteiger partial charge in [0.2, 0.25) is 5.91 Å². The Balaban J connectivity index is 1.82. The van der Waals surface area contributed by atoms with Crippen LogP contribution in [0.25, 0.3) is 10.2 Å². The summed E-state index contributed by atoms with van der Waals surface area (Å²) in [5, 5.41) is 5.74. The van der Waals surface area contributed by atoms with Gasteiger partial charge in [-0.1, -0.05) is 23.2 Å². The molecular weight excluding hydrogens is 345 g/mol. The molecule has 0 aliphatic heterocycles. The first-order valence-corrected chi connectivity index (χ1v) is 7.86. The van der Waals surface area contributed by atoms with Gasteiger partial charge in [-0.2, -0.15) is 0 Å². The maximum Gasteiger partial charge on any atom is 0.262 e. The number of nitrogens with zero attached hydrogens (tertiary/aromatic N) is 2. The molecule has 8 heteroatoms. The van der Waals surface area contributed by atoms with E-state index in [9.17, 15) is 9.59 Å². The van der Waals surface area contributed by atoms with E-state index >= 15 is 0 Å². The van der Waals surface area contributed by atoms with Crippen LogP contribution >= 0.6 is 34.5 Å². The smallest absolute Gasteiger partial charge is 0.262 e. The zero-order valence-corrected chi connectivity index (χ0v) is 13.4. The summed E-state index contributed by atoms with van der Waals surface area (Å²) in [4.78, 5) is 29.1. The average Bonchev–Trinajstić information content (AvgIpc) is 2.95. The number of carbonyl (C=O) groups is 1. The van der Waals surface area contributed by atoms with Crippen molar-refractivity contribution >= 4 is 56.3 Å². The van der Waals surface area contributed by atoms with Gasteiger partial charge in [0.15, 0.2) is 0 Å². The molecular formula is C14H9Cl2N3O2S. The van der Waals surface area contributed by atoms with Gasteiger partial charge in [0.1, 0.15) is 11.4 Å². The summed E-state index contributed by atoms with van der Waals surface area (Å²) in [6.45, 7) is -0.152. The maximum absolute atomic E-state index is 12.2. The van der Waals surface area contributed by atoms with Crippen LogP contribution < -0.4 is 10.9 Å². The van der Waals surface area contributed by atoms with Crippen molar-refractivity contribution in [2.45, 2.75) is 6.54 Å². The van der Waals surface area contributed by atoms with Crippen molar-refractivity contribution in [1.82, 2.24) is 9.55 Å². The number of amides is 1. The number of nitrogens with one attached hydrogen (secondary N) is 1.